The van der Waals surface area contributed by atoms with Crippen molar-refractivity contribution in [2.75, 3.05) is 0 Å². The molecule has 1 N–H and O–H groups in total. The molecule has 0 spiro atoms. The molecule has 0 saturated heterocycles. The van der Waals surface area contributed by atoms with Crippen molar-refractivity contribution in [1.29, 1.82) is 0 Å². The molecule has 0 fully saturated rings. The van der Waals surface area contributed by atoms with Crippen LogP contribution in [-0.2, 0) is 17.1 Å². The fraction of sp³-hybridized carbons (Fsp3) is 0.125. The lowest BCUT2D eigenvalue weighted by atomic mass is 10.5. The molecule has 0 bridgehead atoms. The van der Waals surface area contributed by atoms with E-state index in [-0.39, 0.29) is 10.8 Å². The molecule has 2 heterocycles. The van der Waals surface area contributed by atoms with Crippen molar-refractivity contribution >= 4 is 27.5 Å². The van der Waals surface area contributed by atoms with Gasteiger partial charge in [-0.3, -0.25) is 4.79 Å². The van der Waals surface area contributed by atoms with Crippen molar-refractivity contribution in [1.82, 2.24) is 19.3 Å². The molecule has 0 saturated carbocycles. The molecule has 0 radical (unpaired) electrons. The van der Waals surface area contributed by atoms with E-state index in [1.807, 2.05) is 0 Å². The third-order valence-electron chi connectivity index (χ3n) is 1.98. The second-order valence-electron chi connectivity index (χ2n) is 3.26. The summed E-state index contributed by atoms with van der Waals surface area (Å²) in [6.45, 7) is 0. The number of oxazole rings is 1. The van der Waals surface area contributed by atoms with E-state index in [9.17, 15) is 13.2 Å². The number of carbonyl (C=O) groups is 1. The van der Waals surface area contributed by atoms with Crippen LogP contribution in [0.2, 0.25) is 5.15 Å². The van der Waals surface area contributed by atoms with Gasteiger partial charge in [-0.25, -0.2) is 14.7 Å². The normalized spacial score (nSPS) is 11.4. The van der Waals surface area contributed by atoms with Gasteiger partial charge in [-0.15, -0.1) is 0 Å². The minimum atomic E-state index is -4.14. The smallest absolute Gasteiger partial charge is 0.286 e. The highest BCUT2D eigenvalue weighted by Crippen LogP contribution is 2.18. The minimum absolute atomic E-state index is 0.101. The monoisotopic (exact) mass is 290 g/mol. The summed E-state index contributed by atoms with van der Waals surface area (Å²) in [6, 6.07) is 0. The van der Waals surface area contributed by atoms with E-state index in [4.69, 9.17) is 11.6 Å². The number of hydrogen-bond donors (Lipinski definition) is 1. The number of aromatic nitrogens is 3. The number of nitrogens with one attached hydrogen (secondary N) is 1. The number of amides is 1. The summed E-state index contributed by atoms with van der Waals surface area (Å²) < 4.78 is 31.3. The SMILES string of the molecule is Cn1cnc(S(=O)(=O)NC(=O)c2cocn2)c1Cl. The molecular weight excluding hydrogens is 284 g/mol. The van der Waals surface area contributed by atoms with Crippen LogP contribution in [0.15, 0.2) is 28.4 Å². The van der Waals surface area contributed by atoms with Gasteiger partial charge in [-0.1, -0.05) is 11.6 Å². The molecular formula is C8H7ClN4O4S. The van der Waals surface area contributed by atoms with Gasteiger partial charge in [0.1, 0.15) is 11.4 Å². The number of nitrogens with zero attached hydrogens (tertiary/aromatic N) is 3. The molecule has 2 rings (SSSR count). The zero-order valence-corrected chi connectivity index (χ0v) is 10.6. The zero-order valence-electron chi connectivity index (χ0n) is 8.99. The van der Waals surface area contributed by atoms with Crippen LogP contribution in [0.25, 0.3) is 0 Å². The lowest BCUT2D eigenvalue weighted by Crippen LogP contribution is -2.31. The summed E-state index contributed by atoms with van der Waals surface area (Å²) in [5.74, 6) is -0.925. The van der Waals surface area contributed by atoms with Crippen LogP contribution in [0, 0.1) is 0 Å². The molecule has 0 unspecified atom stereocenters. The Hall–Kier alpha value is -1.87. The minimum Gasteiger partial charge on any atom is -0.451 e. The number of halogens is 1. The van der Waals surface area contributed by atoms with Gasteiger partial charge in [0.25, 0.3) is 15.9 Å². The molecule has 96 valence electrons. The van der Waals surface area contributed by atoms with Gasteiger partial charge in [0.05, 0.1) is 6.33 Å². The van der Waals surface area contributed by atoms with E-state index in [1.54, 1.807) is 4.72 Å². The van der Waals surface area contributed by atoms with Crippen molar-refractivity contribution in [3.8, 4) is 0 Å². The third-order valence-corrected chi connectivity index (χ3v) is 3.80. The van der Waals surface area contributed by atoms with Gasteiger partial charge in [-0.05, 0) is 0 Å². The van der Waals surface area contributed by atoms with E-state index in [1.165, 1.54) is 17.9 Å². The van der Waals surface area contributed by atoms with Gasteiger partial charge >= 0.3 is 0 Å². The summed E-state index contributed by atoms with van der Waals surface area (Å²) in [7, 11) is -2.62. The fourth-order valence-electron chi connectivity index (χ4n) is 1.12. The molecule has 8 nitrogen and oxygen atoms in total. The van der Waals surface area contributed by atoms with Crippen LogP contribution in [-0.4, -0.2) is 28.9 Å². The van der Waals surface area contributed by atoms with Crippen LogP contribution in [0.1, 0.15) is 10.5 Å². The first-order chi connectivity index (χ1) is 8.42. The number of carbonyl (C=O) groups excluding carboxylic acids is 1. The van der Waals surface area contributed by atoms with Crippen LogP contribution in [0.3, 0.4) is 0 Å². The maximum atomic E-state index is 11.8. The molecule has 0 atom stereocenters. The fourth-order valence-corrected chi connectivity index (χ4v) is 2.52. The van der Waals surface area contributed by atoms with Crippen molar-refractivity contribution < 1.29 is 17.6 Å². The Morgan fingerprint density at radius 2 is 2.22 bits per heavy atom. The topological polar surface area (TPSA) is 107 Å². The number of aryl methyl sites for hydroxylation is 1. The van der Waals surface area contributed by atoms with Gasteiger partial charge < -0.3 is 8.98 Å². The highest BCUT2D eigenvalue weighted by atomic mass is 35.5. The summed E-state index contributed by atoms with van der Waals surface area (Å²) in [5, 5.41) is -0.529. The first-order valence-electron chi connectivity index (χ1n) is 4.54. The lowest BCUT2D eigenvalue weighted by Gasteiger charge is -2.02. The van der Waals surface area contributed by atoms with Crippen molar-refractivity contribution in [3.63, 3.8) is 0 Å². The molecule has 0 aromatic carbocycles. The zero-order chi connectivity index (χ0) is 13.3. The van der Waals surface area contributed by atoms with Gasteiger partial charge in [-0.2, -0.15) is 8.42 Å². The van der Waals surface area contributed by atoms with E-state index in [2.05, 4.69) is 14.4 Å². The van der Waals surface area contributed by atoms with Crippen molar-refractivity contribution in [2.24, 2.45) is 7.05 Å². The molecule has 1 amide bonds. The average Bonchev–Trinajstić information content (AvgIpc) is 2.89. The number of rotatable bonds is 3. The van der Waals surface area contributed by atoms with E-state index in [0.29, 0.717) is 0 Å². The van der Waals surface area contributed by atoms with Crippen LogP contribution >= 0.6 is 11.6 Å². The Labute approximate surface area is 107 Å². The van der Waals surface area contributed by atoms with E-state index in [0.717, 1.165) is 12.7 Å². The summed E-state index contributed by atoms with van der Waals surface area (Å²) in [6.07, 6.45) is 3.25. The Kier molecular flexibility index (Phi) is 3.09. The predicted octanol–water partition coefficient (Wildman–Crippen LogP) is 0.180. The molecule has 0 aliphatic rings. The van der Waals surface area contributed by atoms with Crippen molar-refractivity contribution in [2.45, 2.75) is 5.03 Å². The maximum Gasteiger partial charge on any atom is 0.286 e. The quantitative estimate of drug-likeness (QED) is 0.864. The highest BCUT2D eigenvalue weighted by Gasteiger charge is 2.25. The molecule has 18 heavy (non-hydrogen) atoms. The van der Waals surface area contributed by atoms with Crippen LogP contribution < -0.4 is 4.72 Å². The first kappa shape index (κ1) is 12.6. The molecule has 2 aromatic heterocycles. The molecule has 10 heteroatoms. The van der Waals surface area contributed by atoms with Gasteiger partial charge in [0, 0.05) is 7.05 Å². The Bertz CT molecular complexity index is 676. The van der Waals surface area contributed by atoms with Gasteiger partial charge in [0.15, 0.2) is 12.1 Å². The second kappa shape index (κ2) is 4.42. The van der Waals surface area contributed by atoms with E-state index >= 15 is 0 Å². The number of sulfonamides is 1. The van der Waals surface area contributed by atoms with E-state index < -0.39 is 21.0 Å². The first-order valence-corrected chi connectivity index (χ1v) is 6.40. The summed E-state index contributed by atoms with van der Waals surface area (Å²) >= 11 is 5.74. The van der Waals surface area contributed by atoms with Crippen LogP contribution in [0.5, 0.6) is 0 Å². The molecule has 0 aliphatic heterocycles. The highest BCUT2D eigenvalue weighted by molar-refractivity contribution is 7.90. The largest absolute Gasteiger partial charge is 0.451 e. The van der Waals surface area contributed by atoms with Gasteiger partial charge in [0.2, 0.25) is 5.03 Å². The molecule has 2 aromatic rings. The standard InChI is InChI=1S/C8H7ClN4O4S/c1-13-3-10-8(6(13)9)18(15,16)12-7(14)5-2-17-4-11-5/h2-4H,1H3,(H,12,14). The maximum absolute atomic E-state index is 11.8. The lowest BCUT2D eigenvalue weighted by molar-refractivity contribution is 0.0976. The Balaban J connectivity index is 2.28. The summed E-state index contributed by atoms with van der Waals surface area (Å²) in [4.78, 5) is 18.6. The summed E-state index contributed by atoms with van der Waals surface area (Å²) in [5.41, 5.74) is -0.161. The Morgan fingerprint density at radius 1 is 1.50 bits per heavy atom. The predicted molar refractivity (Wildman–Crippen MR) is 59.4 cm³/mol. The van der Waals surface area contributed by atoms with Crippen LogP contribution in [0.4, 0.5) is 0 Å². The average molecular weight is 291 g/mol. The number of imidazole rings is 1. The third kappa shape index (κ3) is 2.22. The van der Waals surface area contributed by atoms with Crippen molar-refractivity contribution in [3.05, 3.63) is 29.8 Å². The second-order valence-corrected chi connectivity index (χ2v) is 5.22. The number of hydrogen-bond acceptors (Lipinski definition) is 6. The Morgan fingerprint density at radius 3 is 2.72 bits per heavy atom. The molecule has 0 aliphatic carbocycles.